The van der Waals surface area contributed by atoms with E-state index in [2.05, 4.69) is 17.2 Å². The standard InChI is InChI=1S/C21H27ClN4O3S/c1-15-7-9-25(10-8-15)20(27)18-14-30-19(24-18)13-26(11-12-29-2)21(28)23-17-5-3-16(22)4-6-17/h3-6,14-15H,7-13H2,1-2H3,(H,23,28). The maximum Gasteiger partial charge on any atom is 0.322 e. The average molecular weight is 451 g/mol. The average Bonchev–Trinajstić information content (AvgIpc) is 3.21. The van der Waals surface area contributed by atoms with Crippen molar-refractivity contribution in [3.8, 4) is 0 Å². The fourth-order valence-electron chi connectivity index (χ4n) is 3.21. The molecule has 0 radical (unpaired) electrons. The first-order valence-electron chi connectivity index (χ1n) is 10.0. The minimum absolute atomic E-state index is 0.0292. The largest absolute Gasteiger partial charge is 0.383 e. The number of thiazole rings is 1. The maximum atomic E-state index is 12.8. The number of ether oxygens (including phenoxy) is 1. The first-order valence-corrected chi connectivity index (χ1v) is 11.3. The van der Waals surface area contributed by atoms with Gasteiger partial charge in [0.1, 0.15) is 10.7 Å². The maximum absolute atomic E-state index is 12.8. The van der Waals surface area contributed by atoms with Crippen LogP contribution in [-0.4, -0.2) is 60.1 Å². The Morgan fingerprint density at radius 2 is 2.00 bits per heavy atom. The SMILES string of the molecule is COCCN(Cc1nc(C(=O)N2CCC(C)CC2)cs1)C(=O)Nc1ccc(Cl)cc1. The summed E-state index contributed by atoms with van der Waals surface area (Å²) in [7, 11) is 1.59. The van der Waals surface area contributed by atoms with Gasteiger partial charge in [0.15, 0.2) is 0 Å². The number of halogens is 1. The van der Waals surface area contributed by atoms with Crippen molar-refractivity contribution in [2.24, 2.45) is 5.92 Å². The van der Waals surface area contributed by atoms with Crippen LogP contribution in [-0.2, 0) is 11.3 Å². The van der Waals surface area contributed by atoms with Crippen molar-refractivity contribution in [2.75, 3.05) is 38.7 Å². The van der Waals surface area contributed by atoms with E-state index in [1.807, 2.05) is 4.90 Å². The van der Waals surface area contributed by atoms with Gasteiger partial charge in [-0.15, -0.1) is 11.3 Å². The summed E-state index contributed by atoms with van der Waals surface area (Å²) in [5.41, 5.74) is 1.11. The molecule has 7 nitrogen and oxygen atoms in total. The molecule has 1 aromatic heterocycles. The lowest BCUT2D eigenvalue weighted by Crippen LogP contribution is -2.38. The van der Waals surface area contributed by atoms with Gasteiger partial charge in [-0.05, 0) is 43.0 Å². The van der Waals surface area contributed by atoms with E-state index in [1.165, 1.54) is 11.3 Å². The fourth-order valence-corrected chi connectivity index (χ4v) is 4.12. The van der Waals surface area contributed by atoms with Gasteiger partial charge in [0.2, 0.25) is 0 Å². The number of hydrogen-bond donors (Lipinski definition) is 1. The number of amides is 3. The van der Waals surface area contributed by atoms with Crippen molar-refractivity contribution >= 4 is 40.6 Å². The van der Waals surface area contributed by atoms with E-state index in [-0.39, 0.29) is 11.9 Å². The van der Waals surface area contributed by atoms with Gasteiger partial charge in [-0.1, -0.05) is 18.5 Å². The van der Waals surface area contributed by atoms with Crippen LogP contribution in [0.15, 0.2) is 29.6 Å². The smallest absolute Gasteiger partial charge is 0.322 e. The lowest BCUT2D eigenvalue weighted by atomic mass is 9.99. The minimum Gasteiger partial charge on any atom is -0.383 e. The molecule has 1 aromatic carbocycles. The van der Waals surface area contributed by atoms with Gasteiger partial charge < -0.3 is 19.9 Å². The molecule has 2 heterocycles. The number of urea groups is 1. The number of methoxy groups -OCH3 is 1. The number of nitrogens with zero attached hydrogens (tertiary/aromatic N) is 3. The van der Waals surface area contributed by atoms with Crippen LogP contribution < -0.4 is 5.32 Å². The third kappa shape index (κ3) is 6.17. The molecule has 162 valence electrons. The molecule has 9 heteroatoms. The highest BCUT2D eigenvalue weighted by Crippen LogP contribution is 2.20. The van der Waals surface area contributed by atoms with Crippen LogP contribution in [0.4, 0.5) is 10.5 Å². The Hall–Kier alpha value is -2.16. The Kier molecular flexibility index (Phi) is 8.07. The van der Waals surface area contributed by atoms with Gasteiger partial charge in [0.05, 0.1) is 13.2 Å². The number of nitrogens with one attached hydrogen (secondary N) is 1. The van der Waals surface area contributed by atoms with Crippen LogP contribution in [0.1, 0.15) is 35.3 Å². The number of aromatic nitrogens is 1. The van der Waals surface area contributed by atoms with E-state index in [1.54, 1.807) is 41.7 Å². The number of carbonyl (C=O) groups is 2. The third-order valence-corrected chi connectivity index (χ3v) is 6.20. The van der Waals surface area contributed by atoms with Crippen molar-refractivity contribution in [3.63, 3.8) is 0 Å². The van der Waals surface area contributed by atoms with Gasteiger partial charge in [-0.2, -0.15) is 0 Å². The quantitative estimate of drug-likeness (QED) is 0.680. The van der Waals surface area contributed by atoms with Crippen LogP contribution in [0.3, 0.4) is 0 Å². The van der Waals surface area contributed by atoms with Crippen molar-refractivity contribution < 1.29 is 14.3 Å². The second-order valence-corrected chi connectivity index (χ2v) is 8.83. The molecule has 1 fully saturated rings. The molecule has 0 aliphatic carbocycles. The molecule has 1 N–H and O–H groups in total. The van der Waals surface area contributed by atoms with Crippen LogP contribution in [0, 0.1) is 5.92 Å². The molecule has 0 unspecified atom stereocenters. The van der Waals surface area contributed by atoms with Crippen LogP contribution >= 0.6 is 22.9 Å². The van der Waals surface area contributed by atoms with Crippen molar-refractivity contribution in [1.29, 1.82) is 0 Å². The first-order chi connectivity index (χ1) is 14.5. The van der Waals surface area contributed by atoms with Gasteiger partial charge in [0, 0.05) is 42.8 Å². The molecule has 30 heavy (non-hydrogen) atoms. The predicted molar refractivity (Wildman–Crippen MR) is 119 cm³/mol. The van der Waals surface area contributed by atoms with Crippen LogP contribution in [0.25, 0.3) is 0 Å². The van der Waals surface area contributed by atoms with E-state index in [0.717, 1.165) is 25.9 Å². The molecule has 3 amide bonds. The Morgan fingerprint density at radius 1 is 1.30 bits per heavy atom. The Balaban J connectivity index is 1.63. The molecule has 1 saturated heterocycles. The number of anilines is 1. The Bertz CT molecular complexity index is 850. The molecular weight excluding hydrogens is 424 g/mol. The molecule has 0 spiro atoms. The molecule has 1 aliphatic heterocycles. The molecule has 2 aromatic rings. The third-order valence-electron chi connectivity index (χ3n) is 5.12. The number of rotatable bonds is 7. The first kappa shape index (κ1) is 22.5. The van der Waals surface area contributed by atoms with Crippen molar-refractivity contribution in [1.82, 2.24) is 14.8 Å². The zero-order chi connectivity index (χ0) is 21.5. The van der Waals surface area contributed by atoms with E-state index in [0.29, 0.717) is 47.0 Å². The summed E-state index contributed by atoms with van der Waals surface area (Å²) in [6.07, 6.45) is 2.05. The van der Waals surface area contributed by atoms with Gasteiger partial charge in [-0.25, -0.2) is 9.78 Å². The van der Waals surface area contributed by atoms with E-state index in [9.17, 15) is 9.59 Å². The minimum atomic E-state index is -0.262. The highest BCUT2D eigenvalue weighted by molar-refractivity contribution is 7.09. The van der Waals surface area contributed by atoms with Gasteiger partial charge in [-0.3, -0.25) is 4.79 Å². The topological polar surface area (TPSA) is 74.8 Å². The van der Waals surface area contributed by atoms with Gasteiger partial charge in [0.25, 0.3) is 5.91 Å². The lowest BCUT2D eigenvalue weighted by molar-refractivity contribution is 0.0691. The highest BCUT2D eigenvalue weighted by Gasteiger charge is 2.24. The molecule has 1 aliphatic rings. The predicted octanol–water partition coefficient (Wildman–Crippen LogP) is 4.35. The summed E-state index contributed by atoms with van der Waals surface area (Å²) >= 11 is 7.29. The number of likely N-dealkylation sites (tertiary alicyclic amines) is 1. The molecule has 0 saturated carbocycles. The zero-order valence-corrected chi connectivity index (χ0v) is 18.8. The Morgan fingerprint density at radius 3 is 2.67 bits per heavy atom. The normalized spacial score (nSPS) is 14.6. The fraction of sp³-hybridized carbons (Fsp3) is 0.476. The number of carbonyl (C=O) groups excluding carboxylic acids is 2. The summed E-state index contributed by atoms with van der Waals surface area (Å²) in [6, 6.07) is 6.67. The number of hydrogen-bond acceptors (Lipinski definition) is 5. The zero-order valence-electron chi connectivity index (χ0n) is 17.3. The Labute approximate surface area is 186 Å². The summed E-state index contributed by atoms with van der Waals surface area (Å²) in [4.78, 5) is 33.5. The second kappa shape index (κ2) is 10.7. The number of piperidine rings is 1. The number of benzene rings is 1. The van der Waals surface area contributed by atoms with E-state index in [4.69, 9.17) is 16.3 Å². The molecular formula is C21H27ClN4O3S. The van der Waals surface area contributed by atoms with Crippen LogP contribution in [0.5, 0.6) is 0 Å². The lowest BCUT2D eigenvalue weighted by Gasteiger charge is -2.29. The van der Waals surface area contributed by atoms with Crippen molar-refractivity contribution in [3.05, 3.63) is 45.4 Å². The molecule has 0 atom stereocenters. The van der Waals surface area contributed by atoms with E-state index < -0.39 is 0 Å². The summed E-state index contributed by atoms with van der Waals surface area (Å²) in [6.45, 7) is 4.87. The highest BCUT2D eigenvalue weighted by atomic mass is 35.5. The summed E-state index contributed by atoms with van der Waals surface area (Å²) in [5, 5.41) is 5.96. The summed E-state index contributed by atoms with van der Waals surface area (Å²) in [5.74, 6) is 0.631. The van der Waals surface area contributed by atoms with Crippen LogP contribution in [0.2, 0.25) is 5.02 Å². The molecule has 0 bridgehead atoms. The monoisotopic (exact) mass is 450 g/mol. The van der Waals surface area contributed by atoms with Crippen molar-refractivity contribution in [2.45, 2.75) is 26.3 Å². The van der Waals surface area contributed by atoms with E-state index >= 15 is 0 Å². The van der Waals surface area contributed by atoms with Gasteiger partial charge >= 0.3 is 6.03 Å². The second-order valence-electron chi connectivity index (χ2n) is 7.45. The summed E-state index contributed by atoms with van der Waals surface area (Å²) < 4.78 is 5.14. The molecule has 3 rings (SSSR count).